The first-order chi connectivity index (χ1) is 15.6. The van der Waals surface area contributed by atoms with E-state index in [1.807, 2.05) is 30.3 Å². The number of nitrogens with one attached hydrogen (secondary N) is 1. The topological polar surface area (TPSA) is 81.5 Å². The molecule has 0 spiro atoms. The van der Waals surface area contributed by atoms with Crippen LogP contribution < -0.4 is 19.9 Å². The molecule has 1 aliphatic heterocycles. The summed E-state index contributed by atoms with van der Waals surface area (Å²) in [6.07, 6.45) is 1.59. The van der Waals surface area contributed by atoms with Gasteiger partial charge in [-0.25, -0.2) is 9.37 Å². The van der Waals surface area contributed by atoms with Crippen molar-refractivity contribution < 1.29 is 13.9 Å². The number of aromatic nitrogens is 1. The van der Waals surface area contributed by atoms with Crippen molar-refractivity contribution in [2.45, 2.75) is 0 Å². The minimum absolute atomic E-state index is 0.0394. The van der Waals surface area contributed by atoms with E-state index in [-0.39, 0.29) is 5.56 Å². The van der Waals surface area contributed by atoms with E-state index in [0.29, 0.717) is 17.0 Å². The number of methoxy groups -OCH3 is 1. The molecule has 1 amide bonds. The highest BCUT2D eigenvalue weighted by molar-refractivity contribution is 6.04. The first-order valence-electron chi connectivity index (χ1n) is 10.2. The Hall–Kier alpha value is -4.12. The number of anilines is 3. The monoisotopic (exact) mass is 431 g/mol. The molecular weight excluding hydrogens is 409 g/mol. The Morgan fingerprint density at radius 3 is 2.38 bits per heavy atom. The van der Waals surface area contributed by atoms with Crippen LogP contribution in [0.3, 0.4) is 0 Å². The van der Waals surface area contributed by atoms with Gasteiger partial charge in [0.1, 0.15) is 23.5 Å². The van der Waals surface area contributed by atoms with Crippen LogP contribution in [0.4, 0.5) is 21.6 Å². The van der Waals surface area contributed by atoms with Gasteiger partial charge in [-0.1, -0.05) is 0 Å². The van der Waals surface area contributed by atoms with E-state index in [2.05, 4.69) is 26.2 Å². The molecule has 0 saturated carbocycles. The summed E-state index contributed by atoms with van der Waals surface area (Å²) < 4.78 is 19.1. The highest BCUT2D eigenvalue weighted by Crippen LogP contribution is 2.23. The van der Waals surface area contributed by atoms with Crippen molar-refractivity contribution in [3.8, 4) is 11.8 Å². The van der Waals surface area contributed by atoms with Gasteiger partial charge >= 0.3 is 0 Å². The number of piperazine rings is 1. The molecule has 2 aromatic carbocycles. The Morgan fingerprint density at radius 2 is 1.78 bits per heavy atom. The number of halogens is 1. The minimum Gasteiger partial charge on any atom is -0.497 e. The molecule has 4 rings (SSSR count). The lowest BCUT2D eigenvalue weighted by Gasteiger charge is -2.36. The van der Waals surface area contributed by atoms with Gasteiger partial charge in [-0.3, -0.25) is 4.79 Å². The maximum atomic E-state index is 14.1. The number of amides is 1. The molecule has 7 nitrogen and oxygen atoms in total. The summed E-state index contributed by atoms with van der Waals surface area (Å²) in [5.41, 5.74) is 2.15. The van der Waals surface area contributed by atoms with E-state index in [0.717, 1.165) is 37.7 Å². The Balaban J connectivity index is 1.35. The number of nitriles is 1. The Bertz CT molecular complexity index is 1130. The van der Waals surface area contributed by atoms with E-state index < -0.39 is 11.7 Å². The third-order valence-corrected chi connectivity index (χ3v) is 5.39. The van der Waals surface area contributed by atoms with Crippen LogP contribution >= 0.6 is 0 Å². The molecule has 0 atom stereocenters. The lowest BCUT2D eigenvalue weighted by atomic mass is 10.1. The van der Waals surface area contributed by atoms with Crippen LogP contribution in [0, 0.1) is 17.1 Å². The number of hydrogen-bond acceptors (Lipinski definition) is 6. The molecule has 0 aliphatic carbocycles. The number of nitrogens with zero attached hydrogens (tertiary/aromatic N) is 4. The van der Waals surface area contributed by atoms with Gasteiger partial charge in [0.25, 0.3) is 5.91 Å². The molecule has 0 radical (unpaired) electrons. The lowest BCUT2D eigenvalue weighted by Crippen LogP contribution is -2.46. The summed E-state index contributed by atoms with van der Waals surface area (Å²) in [5, 5.41) is 11.6. The van der Waals surface area contributed by atoms with Crippen LogP contribution in [0.2, 0.25) is 0 Å². The summed E-state index contributed by atoms with van der Waals surface area (Å²) >= 11 is 0. The molecule has 0 bridgehead atoms. The fourth-order valence-corrected chi connectivity index (χ4v) is 3.59. The van der Waals surface area contributed by atoms with Gasteiger partial charge in [-0.15, -0.1) is 0 Å². The first kappa shape index (κ1) is 21.1. The van der Waals surface area contributed by atoms with Crippen molar-refractivity contribution in [3.63, 3.8) is 0 Å². The van der Waals surface area contributed by atoms with Crippen molar-refractivity contribution in [3.05, 3.63) is 77.7 Å². The van der Waals surface area contributed by atoms with Crippen LogP contribution in [0.1, 0.15) is 15.9 Å². The van der Waals surface area contributed by atoms with Crippen LogP contribution in [0.25, 0.3) is 0 Å². The zero-order valence-corrected chi connectivity index (χ0v) is 17.6. The molecule has 2 heterocycles. The van der Waals surface area contributed by atoms with Gasteiger partial charge in [0.15, 0.2) is 0 Å². The molecule has 32 heavy (non-hydrogen) atoms. The third-order valence-electron chi connectivity index (χ3n) is 5.39. The maximum absolute atomic E-state index is 14.1. The number of carbonyl (C=O) groups excluding carboxylic acids is 1. The van der Waals surface area contributed by atoms with Crippen molar-refractivity contribution in [2.24, 2.45) is 0 Å². The second-order valence-corrected chi connectivity index (χ2v) is 7.34. The van der Waals surface area contributed by atoms with Crippen LogP contribution in [0.15, 0.2) is 60.8 Å². The Kier molecular flexibility index (Phi) is 6.17. The fourth-order valence-electron chi connectivity index (χ4n) is 3.59. The first-order valence-corrected chi connectivity index (χ1v) is 10.2. The third kappa shape index (κ3) is 4.62. The lowest BCUT2D eigenvalue weighted by molar-refractivity contribution is 0.102. The number of rotatable bonds is 5. The smallest absolute Gasteiger partial charge is 0.258 e. The predicted molar refractivity (Wildman–Crippen MR) is 121 cm³/mol. The minimum atomic E-state index is -0.631. The van der Waals surface area contributed by atoms with Crippen molar-refractivity contribution in [1.29, 1.82) is 5.26 Å². The summed E-state index contributed by atoms with van der Waals surface area (Å²) in [7, 11) is 1.44. The Labute approximate surface area is 185 Å². The molecule has 0 unspecified atom stereocenters. The average molecular weight is 431 g/mol. The number of benzene rings is 2. The SMILES string of the molecule is COc1ccc(C(=O)Nc2ccc(N3CCN(c4ccc(C#N)cn4)CC3)cc2)c(F)c1. The van der Waals surface area contributed by atoms with Crippen molar-refractivity contribution in [1.82, 2.24) is 4.98 Å². The van der Waals surface area contributed by atoms with E-state index >= 15 is 0 Å². The zero-order chi connectivity index (χ0) is 22.5. The highest BCUT2D eigenvalue weighted by Gasteiger charge is 2.19. The summed E-state index contributed by atoms with van der Waals surface area (Å²) in [4.78, 5) is 21.2. The molecule has 1 fully saturated rings. The van der Waals surface area contributed by atoms with Gasteiger partial charge in [0.05, 0.1) is 18.2 Å². The predicted octanol–water partition coefficient (Wildman–Crippen LogP) is 3.68. The molecule has 8 heteroatoms. The number of ether oxygens (including phenoxy) is 1. The molecule has 1 aliphatic rings. The van der Waals surface area contributed by atoms with Crippen LogP contribution in [-0.2, 0) is 0 Å². The van der Waals surface area contributed by atoms with Crippen LogP contribution in [0.5, 0.6) is 5.75 Å². The van der Waals surface area contributed by atoms with Gasteiger partial charge in [0.2, 0.25) is 0 Å². The van der Waals surface area contributed by atoms with Gasteiger partial charge < -0.3 is 19.9 Å². The van der Waals surface area contributed by atoms with Gasteiger partial charge in [-0.05, 0) is 48.5 Å². The Morgan fingerprint density at radius 1 is 1.06 bits per heavy atom. The fraction of sp³-hybridized carbons (Fsp3) is 0.208. The van der Waals surface area contributed by atoms with E-state index in [9.17, 15) is 9.18 Å². The number of pyridine rings is 1. The molecule has 162 valence electrons. The average Bonchev–Trinajstić information content (AvgIpc) is 2.84. The highest BCUT2D eigenvalue weighted by atomic mass is 19.1. The normalized spacial score (nSPS) is 13.4. The second kappa shape index (κ2) is 9.35. The molecule has 3 aromatic rings. The number of carbonyl (C=O) groups is 1. The molecular formula is C24H22FN5O2. The van der Waals surface area contributed by atoms with Crippen molar-refractivity contribution >= 4 is 23.1 Å². The van der Waals surface area contributed by atoms with E-state index in [1.54, 1.807) is 18.3 Å². The zero-order valence-electron chi connectivity index (χ0n) is 17.6. The van der Waals surface area contributed by atoms with Gasteiger partial charge in [-0.2, -0.15) is 5.26 Å². The summed E-state index contributed by atoms with van der Waals surface area (Å²) in [5.74, 6) is 0.0838. The largest absolute Gasteiger partial charge is 0.497 e. The quantitative estimate of drug-likeness (QED) is 0.664. The molecule has 1 aromatic heterocycles. The van der Waals surface area contributed by atoms with Crippen LogP contribution in [-0.4, -0.2) is 44.2 Å². The molecule has 1 saturated heterocycles. The van der Waals surface area contributed by atoms with Crippen molar-refractivity contribution in [2.75, 3.05) is 48.4 Å². The van der Waals surface area contributed by atoms with E-state index in [4.69, 9.17) is 10.00 Å². The summed E-state index contributed by atoms with van der Waals surface area (Å²) in [6.45, 7) is 3.27. The van der Waals surface area contributed by atoms with E-state index in [1.165, 1.54) is 19.2 Å². The summed E-state index contributed by atoms with van der Waals surface area (Å²) in [6, 6.07) is 17.4. The van der Waals surface area contributed by atoms with Gasteiger partial charge in [0, 0.05) is 49.8 Å². The standard InChI is InChI=1S/C24H22FN5O2/c1-32-20-7-8-21(22(25)14-20)24(31)28-18-3-5-19(6-4-18)29-10-12-30(13-11-29)23-9-2-17(15-26)16-27-23/h2-9,14,16H,10-13H2,1H3,(H,28,31). The molecule has 1 N–H and O–H groups in total. The number of hydrogen-bond donors (Lipinski definition) is 1. The maximum Gasteiger partial charge on any atom is 0.258 e. The second-order valence-electron chi connectivity index (χ2n) is 7.34.